The highest BCUT2D eigenvalue weighted by atomic mass is 31.2. The molecule has 0 atom stereocenters. The largest absolute Gasteiger partial charge is 0.469 e. The number of unbranched alkanes of at least 4 members (excludes halogenated alkanes) is 12. The Balaban J connectivity index is 3.12. The molecular weight excluding hydrogens is 351 g/mol. The Bertz CT molecular complexity index is 354. The predicted octanol–water partition coefficient (Wildman–Crippen LogP) is 6.15. The minimum atomic E-state index is -4.27. The fraction of sp³-hybridized carbons (Fsp3) is 0.900. The van der Waals surface area contributed by atoms with Gasteiger partial charge in [-0.1, -0.05) is 63.5 Å². The van der Waals surface area contributed by atoms with Gasteiger partial charge in [0.15, 0.2) is 0 Å². The Hall–Kier alpha value is -0.190. The van der Waals surface area contributed by atoms with Crippen LogP contribution in [0, 0.1) is 0 Å². The quantitative estimate of drug-likeness (QED) is 0.148. The van der Waals surface area contributed by atoms with Gasteiger partial charge in [-0.3, -0.25) is 4.52 Å². The molecule has 0 saturated heterocycles. The summed E-state index contributed by atoms with van der Waals surface area (Å²) in [4.78, 5) is 17.1. The fourth-order valence-corrected chi connectivity index (χ4v) is 3.18. The van der Waals surface area contributed by atoms with Crippen molar-refractivity contribution in [2.75, 3.05) is 19.8 Å². The highest BCUT2D eigenvalue weighted by Crippen LogP contribution is 2.35. The van der Waals surface area contributed by atoms with E-state index in [1.54, 1.807) is 0 Å². The van der Waals surface area contributed by atoms with Crippen molar-refractivity contribution in [3.05, 3.63) is 12.2 Å². The van der Waals surface area contributed by atoms with Crippen molar-refractivity contribution in [2.45, 2.75) is 96.8 Å². The monoisotopic (exact) mass is 392 g/mol. The molecule has 0 aliphatic carbocycles. The lowest BCUT2D eigenvalue weighted by molar-refractivity contribution is 0.143. The standard InChI is InChI=1S/C20H41O5P/c1-2-24-19-17-15-13-11-9-7-5-3-4-6-8-10-12-14-16-18-20-25-26(21,22)23/h3-4H,2,5-20H2,1H3,(H2,21,22,23). The normalized spacial score (nSPS) is 12.3. The molecule has 0 heterocycles. The zero-order valence-corrected chi connectivity index (χ0v) is 17.6. The van der Waals surface area contributed by atoms with Crippen molar-refractivity contribution in [3.8, 4) is 0 Å². The molecule has 0 aromatic heterocycles. The summed E-state index contributed by atoms with van der Waals surface area (Å²) in [7, 11) is -4.27. The molecule has 0 aliphatic heterocycles. The van der Waals surface area contributed by atoms with E-state index >= 15 is 0 Å². The number of phosphoric acid groups is 1. The Morgan fingerprint density at radius 3 is 1.58 bits per heavy atom. The van der Waals surface area contributed by atoms with Crippen LogP contribution in [0.15, 0.2) is 12.2 Å². The van der Waals surface area contributed by atoms with Gasteiger partial charge in [0.1, 0.15) is 0 Å². The average Bonchev–Trinajstić information content (AvgIpc) is 2.59. The molecule has 26 heavy (non-hydrogen) atoms. The lowest BCUT2D eigenvalue weighted by Gasteiger charge is -2.04. The van der Waals surface area contributed by atoms with Crippen molar-refractivity contribution < 1.29 is 23.6 Å². The van der Waals surface area contributed by atoms with E-state index in [9.17, 15) is 4.57 Å². The van der Waals surface area contributed by atoms with Crippen LogP contribution in [0.25, 0.3) is 0 Å². The minimum absolute atomic E-state index is 0.153. The first-order valence-electron chi connectivity index (χ1n) is 10.5. The number of hydrogen-bond donors (Lipinski definition) is 2. The third-order valence-electron chi connectivity index (χ3n) is 4.30. The van der Waals surface area contributed by atoms with E-state index in [2.05, 4.69) is 16.7 Å². The lowest BCUT2D eigenvalue weighted by atomic mass is 10.1. The summed E-state index contributed by atoms with van der Waals surface area (Å²) in [5, 5.41) is 0. The van der Waals surface area contributed by atoms with Crippen molar-refractivity contribution >= 4 is 7.82 Å². The zero-order valence-electron chi connectivity index (χ0n) is 16.7. The maximum atomic E-state index is 10.5. The fourth-order valence-electron chi connectivity index (χ4n) is 2.81. The van der Waals surface area contributed by atoms with Gasteiger partial charge in [-0.15, -0.1) is 0 Å². The van der Waals surface area contributed by atoms with Gasteiger partial charge < -0.3 is 14.5 Å². The maximum absolute atomic E-state index is 10.5. The smallest absolute Gasteiger partial charge is 0.382 e. The van der Waals surface area contributed by atoms with Crippen molar-refractivity contribution in [3.63, 3.8) is 0 Å². The summed E-state index contributed by atoms with van der Waals surface area (Å²) in [5.41, 5.74) is 0. The van der Waals surface area contributed by atoms with Crippen LogP contribution in [-0.2, 0) is 13.8 Å². The van der Waals surface area contributed by atoms with Gasteiger partial charge in [-0.05, 0) is 45.4 Å². The highest BCUT2D eigenvalue weighted by Gasteiger charge is 2.12. The molecule has 0 amide bonds. The molecule has 156 valence electrons. The topological polar surface area (TPSA) is 76.0 Å². The van der Waals surface area contributed by atoms with Gasteiger partial charge in [-0.2, -0.15) is 0 Å². The van der Waals surface area contributed by atoms with Crippen molar-refractivity contribution in [1.82, 2.24) is 0 Å². The van der Waals surface area contributed by atoms with Gasteiger partial charge in [0.05, 0.1) is 6.61 Å². The summed E-state index contributed by atoms with van der Waals surface area (Å²) in [6.45, 7) is 3.96. The average molecular weight is 393 g/mol. The minimum Gasteiger partial charge on any atom is -0.382 e. The molecule has 0 aliphatic rings. The summed E-state index contributed by atoms with van der Waals surface area (Å²) >= 11 is 0. The van der Waals surface area contributed by atoms with Crippen LogP contribution in [0.5, 0.6) is 0 Å². The summed E-state index contributed by atoms with van der Waals surface area (Å²) in [5.74, 6) is 0. The molecule has 0 rings (SSSR count). The molecule has 0 radical (unpaired) electrons. The highest BCUT2D eigenvalue weighted by molar-refractivity contribution is 7.46. The number of ether oxygens (including phenoxy) is 1. The van der Waals surface area contributed by atoms with E-state index in [-0.39, 0.29) is 6.61 Å². The van der Waals surface area contributed by atoms with Crippen LogP contribution < -0.4 is 0 Å². The molecule has 0 aromatic rings. The molecule has 0 bridgehead atoms. The SMILES string of the molecule is CCOCCCCCCCCC=CCCCCCCCCOP(=O)(O)O. The number of allylic oxidation sites excluding steroid dienone is 2. The van der Waals surface area contributed by atoms with E-state index < -0.39 is 7.82 Å². The molecule has 0 fully saturated rings. The van der Waals surface area contributed by atoms with E-state index in [4.69, 9.17) is 14.5 Å². The molecule has 6 heteroatoms. The first-order valence-corrected chi connectivity index (χ1v) is 12.0. The number of rotatable bonds is 20. The van der Waals surface area contributed by atoms with E-state index in [1.165, 1.54) is 70.6 Å². The number of hydrogen-bond acceptors (Lipinski definition) is 3. The lowest BCUT2D eigenvalue weighted by Crippen LogP contribution is -1.92. The van der Waals surface area contributed by atoms with E-state index in [1.807, 2.05) is 6.92 Å². The van der Waals surface area contributed by atoms with Gasteiger partial charge >= 0.3 is 7.82 Å². The van der Waals surface area contributed by atoms with Gasteiger partial charge in [-0.25, -0.2) is 4.57 Å². The second-order valence-corrected chi connectivity index (χ2v) is 8.05. The molecule has 0 unspecified atom stereocenters. The Labute approximate surface area is 160 Å². The first kappa shape index (κ1) is 25.8. The molecule has 2 N–H and O–H groups in total. The van der Waals surface area contributed by atoms with Crippen LogP contribution in [-0.4, -0.2) is 29.6 Å². The third-order valence-corrected chi connectivity index (χ3v) is 4.82. The second-order valence-electron chi connectivity index (χ2n) is 6.81. The van der Waals surface area contributed by atoms with E-state index in [0.29, 0.717) is 0 Å². The summed E-state index contributed by atoms with van der Waals surface area (Å²) in [6, 6.07) is 0. The maximum Gasteiger partial charge on any atom is 0.469 e. The molecule has 5 nitrogen and oxygen atoms in total. The second kappa shape index (κ2) is 19.6. The van der Waals surface area contributed by atoms with Gasteiger partial charge in [0.25, 0.3) is 0 Å². The number of phosphoric ester groups is 1. The Morgan fingerprint density at radius 2 is 1.12 bits per heavy atom. The van der Waals surface area contributed by atoms with Crippen LogP contribution in [0.3, 0.4) is 0 Å². The van der Waals surface area contributed by atoms with Crippen LogP contribution in [0.4, 0.5) is 0 Å². The zero-order chi connectivity index (χ0) is 19.3. The van der Waals surface area contributed by atoms with Crippen LogP contribution in [0.1, 0.15) is 96.8 Å². The molecule has 0 saturated carbocycles. The molecule has 0 aromatic carbocycles. The Morgan fingerprint density at radius 1 is 0.692 bits per heavy atom. The molecular formula is C20H41O5P. The van der Waals surface area contributed by atoms with E-state index in [0.717, 1.165) is 32.5 Å². The van der Waals surface area contributed by atoms with Crippen molar-refractivity contribution in [2.24, 2.45) is 0 Å². The Kier molecular flexibility index (Phi) is 19.4. The van der Waals surface area contributed by atoms with Crippen LogP contribution >= 0.6 is 7.82 Å². The van der Waals surface area contributed by atoms with Gasteiger partial charge in [0, 0.05) is 13.2 Å². The predicted molar refractivity (Wildman–Crippen MR) is 108 cm³/mol. The summed E-state index contributed by atoms with van der Waals surface area (Å²) < 4.78 is 20.2. The molecule has 0 spiro atoms. The third kappa shape index (κ3) is 23.8. The van der Waals surface area contributed by atoms with Crippen molar-refractivity contribution in [1.29, 1.82) is 0 Å². The van der Waals surface area contributed by atoms with Gasteiger partial charge in [0.2, 0.25) is 0 Å². The van der Waals surface area contributed by atoms with Crippen LogP contribution in [0.2, 0.25) is 0 Å². The first-order chi connectivity index (χ1) is 12.6. The summed E-state index contributed by atoms with van der Waals surface area (Å²) in [6.07, 6.45) is 21.3.